The molecule has 3 nitrogen and oxygen atoms in total. The lowest BCUT2D eigenvalue weighted by molar-refractivity contribution is -0.137. The Morgan fingerprint density at radius 2 is 2.00 bits per heavy atom. The first-order chi connectivity index (χ1) is 9.31. The van der Waals surface area contributed by atoms with Gasteiger partial charge in [-0.1, -0.05) is 0 Å². The molecule has 0 aromatic heterocycles. The van der Waals surface area contributed by atoms with Crippen LogP contribution in [0.2, 0.25) is 0 Å². The Morgan fingerprint density at radius 1 is 1.35 bits per heavy atom. The van der Waals surface area contributed by atoms with Gasteiger partial charge in [0.25, 0.3) is 5.91 Å². The third-order valence-electron chi connectivity index (χ3n) is 2.76. The minimum atomic E-state index is -4.62. The maximum absolute atomic E-state index is 13.6. The van der Waals surface area contributed by atoms with E-state index in [-0.39, 0.29) is 19.7 Å². The minimum Gasteiger partial charge on any atom is -0.383 e. The van der Waals surface area contributed by atoms with Gasteiger partial charge in [0, 0.05) is 20.2 Å². The number of carbonyl (C=O) groups excluding carboxylic acids is 1. The average Bonchev–Trinajstić information content (AvgIpc) is 2.38. The Labute approximate surface area is 114 Å². The Morgan fingerprint density at radius 3 is 2.50 bits per heavy atom. The first-order valence-electron chi connectivity index (χ1n) is 5.96. The Balaban J connectivity index is 3.07. The second kappa shape index (κ2) is 6.69. The standard InChI is InChI=1S/C13H15F4NO2/c1-3-18(6-7-20-2)12(19)10-8-9(13(15,16)17)4-5-11(10)14/h4-5,8H,3,6-7H2,1-2H3. The van der Waals surface area contributed by atoms with Crippen molar-refractivity contribution >= 4 is 5.91 Å². The third-order valence-corrected chi connectivity index (χ3v) is 2.76. The van der Waals surface area contributed by atoms with Crippen molar-refractivity contribution in [3.63, 3.8) is 0 Å². The lowest BCUT2D eigenvalue weighted by Crippen LogP contribution is -2.34. The third kappa shape index (κ3) is 3.93. The molecule has 0 fully saturated rings. The molecule has 0 N–H and O–H groups in total. The number of likely N-dealkylation sites (N-methyl/N-ethyl adjacent to an activating group) is 1. The number of rotatable bonds is 5. The number of hydrogen-bond acceptors (Lipinski definition) is 2. The van der Waals surface area contributed by atoms with Crippen LogP contribution in [0.5, 0.6) is 0 Å². The van der Waals surface area contributed by atoms with Gasteiger partial charge >= 0.3 is 6.18 Å². The summed E-state index contributed by atoms with van der Waals surface area (Å²) < 4.78 is 56.1. The number of ether oxygens (including phenoxy) is 1. The minimum absolute atomic E-state index is 0.182. The van der Waals surface area contributed by atoms with Gasteiger partial charge in [-0.2, -0.15) is 13.2 Å². The van der Waals surface area contributed by atoms with Gasteiger partial charge in [-0.15, -0.1) is 0 Å². The monoisotopic (exact) mass is 293 g/mol. The number of hydrogen-bond donors (Lipinski definition) is 0. The van der Waals surface area contributed by atoms with Gasteiger partial charge < -0.3 is 9.64 Å². The van der Waals surface area contributed by atoms with E-state index in [2.05, 4.69) is 0 Å². The van der Waals surface area contributed by atoms with Crippen LogP contribution in [0.3, 0.4) is 0 Å². The van der Waals surface area contributed by atoms with Gasteiger partial charge in [-0.25, -0.2) is 4.39 Å². The highest BCUT2D eigenvalue weighted by Gasteiger charge is 2.32. The van der Waals surface area contributed by atoms with Crippen molar-refractivity contribution in [3.8, 4) is 0 Å². The van der Waals surface area contributed by atoms with E-state index in [9.17, 15) is 22.4 Å². The molecule has 0 aliphatic heterocycles. The summed E-state index contributed by atoms with van der Waals surface area (Å²) in [5.41, 5.74) is -1.64. The zero-order valence-corrected chi connectivity index (χ0v) is 11.1. The summed E-state index contributed by atoms with van der Waals surface area (Å²) >= 11 is 0. The molecule has 0 atom stereocenters. The lowest BCUT2D eigenvalue weighted by Gasteiger charge is -2.21. The van der Waals surface area contributed by atoms with Gasteiger partial charge in [0.05, 0.1) is 17.7 Å². The average molecular weight is 293 g/mol. The first kappa shape index (κ1) is 16.4. The second-order valence-corrected chi connectivity index (χ2v) is 4.07. The van der Waals surface area contributed by atoms with Crippen LogP contribution in [0.25, 0.3) is 0 Å². The number of nitrogens with zero attached hydrogens (tertiary/aromatic N) is 1. The predicted octanol–water partition coefficient (Wildman–Crippen LogP) is 2.95. The van der Waals surface area contributed by atoms with Crippen LogP contribution in [-0.4, -0.2) is 37.6 Å². The maximum Gasteiger partial charge on any atom is 0.416 e. The Bertz CT molecular complexity index is 474. The maximum atomic E-state index is 13.6. The first-order valence-corrected chi connectivity index (χ1v) is 5.96. The zero-order chi connectivity index (χ0) is 15.3. The molecule has 0 unspecified atom stereocenters. The van der Waals surface area contributed by atoms with Crippen LogP contribution in [0.15, 0.2) is 18.2 Å². The van der Waals surface area contributed by atoms with E-state index in [0.717, 1.165) is 0 Å². The quantitative estimate of drug-likeness (QED) is 0.781. The topological polar surface area (TPSA) is 29.5 Å². The number of halogens is 4. The lowest BCUT2D eigenvalue weighted by atomic mass is 10.1. The summed E-state index contributed by atoms with van der Waals surface area (Å²) in [7, 11) is 1.43. The summed E-state index contributed by atoms with van der Waals surface area (Å²) in [4.78, 5) is 13.3. The number of alkyl halides is 3. The molecule has 0 aliphatic carbocycles. The van der Waals surface area contributed by atoms with Crippen LogP contribution in [0.4, 0.5) is 17.6 Å². The summed E-state index contributed by atoms with van der Waals surface area (Å²) in [5.74, 6) is -1.76. The molecular weight excluding hydrogens is 278 g/mol. The SMILES string of the molecule is CCN(CCOC)C(=O)c1cc(C(F)(F)F)ccc1F. The predicted molar refractivity (Wildman–Crippen MR) is 64.9 cm³/mol. The molecule has 0 spiro atoms. The highest BCUT2D eigenvalue weighted by Crippen LogP contribution is 2.30. The molecule has 0 saturated heterocycles. The fraction of sp³-hybridized carbons (Fsp3) is 0.462. The van der Waals surface area contributed by atoms with Crippen molar-refractivity contribution in [1.29, 1.82) is 0 Å². The van der Waals surface area contributed by atoms with Crippen LogP contribution in [0.1, 0.15) is 22.8 Å². The van der Waals surface area contributed by atoms with Gasteiger partial charge in [0.15, 0.2) is 0 Å². The molecule has 20 heavy (non-hydrogen) atoms. The van der Waals surface area contributed by atoms with Crippen LogP contribution in [-0.2, 0) is 10.9 Å². The summed E-state index contributed by atoms with van der Waals surface area (Å²) in [6, 6.07) is 1.80. The van der Waals surface area contributed by atoms with E-state index in [1.54, 1.807) is 6.92 Å². The fourth-order valence-corrected chi connectivity index (χ4v) is 1.64. The Hall–Kier alpha value is -1.63. The molecule has 1 aromatic carbocycles. The molecule has 0 bridgehead atoms. The van der Waals surface area contributed by atoms with Gasteiger partial charge in [0.1, 0.15) is 5.82 Å². The molecule has 1 rings (SSSR count). The van der Waals surface area contributed by atoms with E-state index in [1.165, 1.54) is 12.0 Å². The van der Waals surface area contributed by atoms with Crippen molar-refractivity contribution in [3.05, 3.63) is 35.1 Å². The number of methoxy groups -OCH3 is 1. The van der Waals surface area contributed by atoms with Gasteiger partial charge in [0.2, 0.25) is 0 Å². The van der Waals surface area contributed by atoms with Crippen molar-refractivity contribution < 1.29 is 27.1 Å². The smallest absolute Gasteiger partial charge is 0.383 e. The number of benzene rings is 1. The fourth-order valence-electron chi connectivity index (χ4n) is 1.64. The van der Waals surface area contributed by atoms with E-state index < -0.39 is 29.0 Å². The van der Waals surface area contributed by atoms with Crippen molar-refractivity contribution in [2.45, 2.75) is 13.1 Å². The van der Waals surface area contributed by atoms with Crippen LogP contribution < -0.4 is 0 Å². The van der Waals surface area contributed by atoms with Crippen LogP contribution in [0, 0.1) is 5.82 Å². The summed E-state index contributed by atoms with van der Waals surface area (Å²) in [6.07, 6.45) is -4.62. The molecule has 1 aromatic rings. The van der Waals surface area contributed by atoms with E-state index >= 15 is 0 Å². The largest absolute Gasteiger partial charge is 0.416 e. The molecule has 7 heteroatoms. The van der Waals surface area contributed by atoms with E-state index in [1.807, 2.05) is 0 Å². The normalized spacial score (nSPS) is 11.5. The van der Waals surface area contributed by atoms with E-state index in [4.69, 9.17) is 4.74 Å². The van der Waals surface area contributed by atoms with Crippen molar-refractivity contribution in [2.24, 2.45) is 0 Å². The van der Waals surface area contributed by atoms with Crippen molar-refractivity contribution in [1.82, 2.24) is 4.90 Å². The highest BCUT2D eigenvalue weighted by molar-refractivity contribution is 5.94. The summed E-state index contributed by atoms with van der Waals surface area (Å²) in [5, 5.41) is 0. The van der Waals surface area contributed by atoms with Gasteiger partial charge in [-0.3, -0.25) is 4.79 Å². The van der Waals surface area contributed by atoms with Crippen molar-refractivity contribution in [2.75, 3.05) is 26.8 Å². The molecule has 0 aliphatic rings. The molecule has 0 radical (unpaired) electrons. The molecular formula is C13H15F4NO2. The number of carbonyl (C=O) groups is 1. The second-order valence-electron chi connectivity index (χ2n) is 4.07. The molecule has 0 saturated carbocycles. The highest BCUT2D eigenvalue weighted by atomic mass is 19.4. The molecule has 1 amide bonds. The van der Waals surface area contributed by atoms with Gasteiger partial charge in [-0.05, 0) is 25.1 Å². The van der Waals surface area contributed by atoms with Crippen LogP contribution >= 0.6 is 0 Å². The van der Waals surface area contributed by atoms with E-state index in [0.29, 0.717) is 18.2 Å². The molecule has 0 heterocycles. The molecule has 112 valence electrons. The summed E-state index contributed by atoms with van der Waals surface area (Å²) in [6.45, 7) is 2.30. The zero-order valence-electron chi connectivity index (χ0n) is 11.1. The Kier molecular flexibility index (Phi) is 5.50. The number of amides is 1.